The van der Waals surface area contributed by atoms with Crippen LogP contribution < -0.4 is 4.74 Å². The van der Waals surface area contributed by atoms with Crippen molar-refractivity contribution in [1.82, 2.24) is 9.88 Å². The van der Waals surface area contributed by atoms with Crippen LogP contribution in [0.2, 0.25) is 0 Å². The van der Waals surface area contributed by atoms with Gasteiger partial charge in [-0.2, -0.15) is 13.2 Å². The van der Waals surface area contributed by atoms with Crippen LogP contribution in [0.15, 0.2) is 18.3 Å². The fraction of sp³-hybridized carbons (Fsp3) is 0.615. The van der Waals surface area contributed by atoms with Crippen molar-refractivity contribution in [3.63, 3.8) is 0 Å². The zero-order chi connectivity index (χ0) is 13.5. The zero-order valence-corrected chi connectivity index (χ0v) is 10.4. The first-order valence-electron chi connectivity index (χ1n) is 6.44. The fourth-order valence-corrected chi connectivity index (χ4v) is 2.85. The molecule has 4 heterocycles. The van der Waals surface area contributed by atoms with Crippen LogP contribution in [0.3, 0.4) is 0 Å². The van der Waals surface area contributed by atoms with E-state index >= 15 is 0 Å². The summed E-state index contributed by atoms with van der Waals surface area (Å²) in [6.45, 7) is 2.93. The molecule has 104 valence electrons. The topological polar surface area (TPSA) is 25.4 Å². The molecule has 0 spiro atoms. The number of piperidine rings is 3. The van der Waals surface area contributed by atoms with Crippen molar-refractivity contribution < 1.29 is 17.9 Å². The van der Waals surface area contributed by atoms with Crippen molar-refractivity contribution in [2.45, 2.75) is 25.1 Å². The van der Waals surface area contributed by atoms with Gasteiger partial charge in [0.1, 0.15) is 6.10 Å². The average Bonchev–Trinajstić information content (AvgIpc) is 2.39. The SMILES string of the molecule is FC(F)(F)c1ccnc(OC2CN3CCC2CC3)c1. The van der Waals surface area contributed by atoms with E-state index in [1.165, 1.54) is 0 Å². The van der Waals surface area contributed by atoms with Gasteiger partial charge in [0.05, 0.1) is 5.56 Å². The van der Waals surface area contributed by atoms with E-state index in [-0.39, 0.29) is 12.0 Å². The highest BCUT2D eigenvalue weighted by Crippen LogP contribution is 2.33. The van der Waals surface area contributed by atoms with Crippen molar-refractivity contribution in [2.24, 2.45) is 5.92 Å². The normalized spacial score (nSPS) is 30.4. The Hall–Kier alpha value is -1.30. The molecule has 1 aromatic rings. The van der Waals surface area contributed by atoms with E-state index < -0.39 is 11.7 Å². The maximum absolute atomic E-state index is 12.6. The highest BCUT2D eigenvalue weighted by Gasteiger charge is 2.36. The number of hydrogen-bond donors (Lipinski definition) is 0. The van der Waals surface area contributed by atoms with E-state index in [2.05, 4.69) is 9.88 Å². The van der Waals surface area contributed by atoms with Gasteiger partial charge in [-0.1, -0.05) is 0 Å². The van der Waals surface area contributed by atoms with Crippen molar-refractivity contribution in [3.8, 4) is 5.88 Å². The summed E-state index contributed by atoms with van der Waals surface area (Å²) >= 11 is 0. The Labute approximate surface area is 109 Å². The molecular formula is C13H15F3N2O. The summed E-state index contributed by atoms with van der Waals surface area (Å²) in [7, 11) is 0. The molecule has 3 saturated heterocycles. The molecule has 0 aliphatic carbocycles. The predicted molar refractivity (Wildman–Crippen MR) is 62.8 cm³/mol. The maximum Gasteiger partial charge on any atom is 0.416 e. The highest BCUT2D eigenvalue weighted by atomic mass is 19.4. The molecule has 3 aliphatic rings. The van der Waals surface area contributed by atoms with Gasteiger partial charge in [0.2, 0.25) is 5.88 Å². The monoisotopic (exact) mass is 272 g/mol. The third kappa shape index (κ3) is 2.68. The van der Waals surface area contributed by atoms with Crippen LogP contribution in [0.25, 0.3) is 0 Å². The molecule has 1 atom stereocenters. The van der Waals surface area contributed by atoms with Gasteiger partial charge in [-0.25, -0.2) is 4.98 Å². The summed E-state index contributed by atoms with van der Waals surface area (Å²) in [5.74, 6) is 0.523. The summed E-state index contributed by atoms with van der Waals surface area (Å²) in [5, 5.41) is 0. The molecule has 3 fully saturated rings. The molecule has 1 unspecified atom stereocenters. The van der Waals surface area contributed by atoms with Crippen LogP contribution in [-0.4, -0.2) is 35.6 Å². The van der Waals surface area contributed by atoms with Gasteiger partial charge in [-0.15, -0.1) is 0 Å². The van der Waals surface area contributed by atoms with Crippen molar-refractivity contribution in [2.75, 3.05) is 19.6 Å². The first kappa shape index (κ1) is 12.7. The molecule has 0 N–H and O–H groups in total. The second-order valence-corrected chi connectivity index (χ2v) is 5.17. The molecule has 3 aliphatic heterocycles. The first-order chi connectivity index (χ1) is 9.02. The molecule has 4 rings (SSSR count). The first-order valence-corrected chi connectivity index (χ1v) is 6.44. The number of aromatic nitrogens is 1. The van der Waals surface area contributed by atoms with Crippen molar-refractivity contribution >= 4 is 0 Å². The van der Waals surface area contributed by atoms with Crippen LogP contribution in [0.4, 0.5) is 13.2 Å². The van der Waals surface area contributed by atoms with E-state index in [1.54, 1.807) is 0 Å². The van der Waals surface area contributed by atoms with Crippen LogP contribution in [0.5, 0.6) is 5.88 Å². The molecule has 0 amide bonds. The molecule has 2 bridgehead atoms. The second kappa shape index (κ2) is 4.67. The lowest BCUT2D eigenvalue weighted by atomic mass is 9.86. The molecule has 6 heteroatoms. The number of pyridine rings is 1. The zero-order valence-electron chi connectivity index (χ0n) is 10.4. The Morgan fingerprint density at radius 3 is 2.58 bits per heavy atom. The van der Waals surface area contributed by atoms with Crippen LogP contribution >= 0.6 is 0 Å². The lowest BCUT2D eigenvalue weighted by molar-refractivity contribution is -0.137. The van der Waals surface area contributed by atoms with Gasteiger partial charge >= 0.3 is 6.18 Å². The smallest absolute Gasteiger partial charge is 0.416 e. The van der Waals surface area contributed by atoms with Gasteiger partial charge in [0.25, 0.3) is 0 Å². The van der Waals surface area contributed by atoms with Gasteiger partial charge in [-0.05, 0) is 37.9 Å². The number of halogens is 3. The third-order valence-corrected chi connectivity index (χ3v) is 3.93. The minimum Gasteiger partial charge on any atom is -0.473 e. The lowest BCUT2D eigenvalue weighted by Crippen LogP contribution is -2.52. The number of alkyl halides is 3. The molecule has 0 saturated carbocycles. The summed E-state index contributed by atoms with van der Waals surface area (Å²) in [6, 6.07) is 1.95. The number of ether oxygens (including phenoxy) is 1. The molecule has 19 heavy (non-hydrogen) atoms. The van der Waals surface area contributed by atoms with Crippen LogP contribution in [0, 0.1) is 5.92 Å². The highest BCUT2D eigenvalue weighted by molar-refractivity contribution is 5.23. The van der Waals surface area contributed by atoms with Crippen LogP contribution in [0.1, 0.15) is 18.4 Å². The van der Waals surface area contributed by atoms with E-state index in [0.717, 1.165) is 50.8 Å². The third-order valence-electron chi connectivity index (χ3n) is 3.93. The number of fused-ring (bicyclic) bond motifs is 3. The van der Waals surface area contributed by atoms with Crippen LogP contribution in [-0.2, 0) is 6.18 Å². The van der Waals surface area contributed by atoms with E-state index in [0.29, 0.717) is 5.92 Å². The summed E-state index contributed by atoms with van der Waals surface area (Å²) in [6.07, 6.45) is -1.11. The Balaban J connectivity index is 1.73. The standard InChI is InChI=1S/C13H15F3N2O/c14-13(15,16)10-1-4-17-12(7-10)19-11-8-18-5-2-9(11)3-6-18/h1,4,7,9,11H,2-3,5-6,8H2. The molecular weight excluding hydrogens is 257 g/mol. The maximum atomic E-state index is 12.6. The number of hydrogen-bond acceptors (Lipinski definition) is 3. The Bertz CT molecular complexity index is 455. The molecule has 0 aromatic carbocycles. The summed E-state index contributed by atoms with van der Waals surface area (Å²) in [5.41, 5.74) is -0.709. The summed E-state index contributed by atoms with van der Waals surface area (Å²) < 4.78 is 43.5. The predicted octanol–water partition coefficient (Wildman–Crippen LogP) is 2.57. The fourth-order valence-electron chi connectivity index (χ4n) is 2.85. The Morgan fingerprint density at radius 1 is 1.26 bits per heavy atom. The van der Waals surface area contributed by atoms with Gasteiger partial charge in [-0.3, -0.25) is 4.90 Å². The van der Waals surface area contributed by atoms with Crippen molar-refractivity contribution in [1.29, 1.82) is 0 Å². The lowest BCUT2D eigenvalue weighted by Gasteiger charge is -2.44. The Morgan fingerprint density at radius 2 is 2.00 bits per heavy atom. The minimum atomic E-state index is -4.35. The molecule has 0 radical (unpaired) electrons. The van der Waals surface area contributed by atoms with Gasteiger partial charge in [0, 0.05) is 18.8 Å². The van der Waals surface area contributed by atoms with Gasteiger partial charge in [0.15, 0.2) is 0 Å². The molecule has 3 nitrogen and oxygen atoms in total. The average molecular weight is 272 g/mol. The number of rotatable bonds is 2. The van der Waals surface area contributed by atoms with Crippen molar-refractivity contribution in [3.05, 3.63) is 23.9 Å². The second-order valence-electron chi connectivity index (χ2n) is 5.17. The molecule has 1 aromatic heterocycles. The van der Waals surface area contributed by atoms with E-state index in [4.69, 9.17) is 4.74 Å². The van der Waals surface area contributed by atoms with Gasteiger partial charge < -0.3 is 4.74 Å². The Kier molecular flexibility index (Phi) is 3.12. The quantitative estimate of drug-likeness (QED) is 0.827. The largest absolute Gasteiger partial charge is 0.473 e. The van der Waals surface area contributed by atoms with E-state index in [1.807, 2.05) is 0 Å². The number of nitrogens with zero attached hydrogens (tertiary/aromatic N) is 2. The summed E-state index contributed by atoms with van der Waals surface area (Å²) in [4.78, 5) is 6.18. The van der Waals surface area contributed by atoms with E-state index in [9.17, 15) is 13.2 Å². The minimum absolute atomic E-state index is 0.0292.